The van der Waals surface area contributed by atoms with Gasteiger partial charge in [0.15, 0.2) is 11.6 Å². The third kappa shape index (κ3) is 12.2. The third-order valence-electron chi connectivity index (χ3n) is 12.3. The Balaban J connectivity index is 0.000000161. The predicted molar refractivity (Wildman–Crippen MR) is 251 cm³/mol. The number of urea groups is 1. The number of hydrogen-bond acceptors (Lipinski definition) is 9. The van der Waals surface area contributed by atoms with Crippen molar-refractivity contribution >= 4 is 52.4 Å². The number of amides is 2. The number of aromatic nitrogens is 6. The highest BCUT2D eigenvalue weighted by Gasteiger charge is 2.38. The van der Waals surface area contributed by atoms with Crippen molar-refractivity contribution in [1.29, 1.82) is 0 Å². The first kappa shape index (κ1) is 51.1. The summed E-state index contributed by atoms with van der Waals surface area (Å²) in [5, 5.41) is 24.9. The van der Waals surface area contributed by atoms with E-state index in [1.807, 2.05) is 41.0 Å². The number of nitrogens with two attached hydrogens (primary N) is 1. The molecule has 10 rings (SSSR count). The molecule has 2 fully saturated rings. The van der Waals surface area contributed by atoms with Gasteiger partial charge in [-0.3, -0.25) is 9.13 Å². The number of ether oxygens (including phenoxy) is 2. The zero-order valence-electron chi connectivity index (χ0n) is 37.1. The second-order valence-electron chi connectivity index (χ2n) is 17.0. The molecule has 6 aromatic rings. The Bertz CT molecular complexity index is 2750. The maximum absolute atomic E-state index is 13.3. The lowest BCUT2D eigenvalue weighted by Gasteiger charge is -2.31. The van der Waals surface area contributed by atoms with Crippen LogP contribution in [0.1, 0.15) is 108 Å². The standard InChI is InChI=1S/C24H22Cl2F3N5O2.C13H14Cl2N4.C10H10F3NO/c25-16-6-3-14(4-7-16)13-34-21(31-32-22(34)26)19-2-1-10-33(19)23(35)30-18-9-11-36-20-12-15(24(27,28)29)5-8-17(18)20;14-10-5-3-9(4-6-10)8-19-12(17-18-13(19)15)11-2-1-7-16-11;11-10(12,13)6-1-2-7-8(14)3-4-15-9(7)5-6/h3-8,12,18-19H,1-2,9-11,13H2,(H,30,35);3-6,11,16H,1-2,7-8H2;1-2,5,8H,3-4,14H2/t18-,19+;11-;8-/m010/s1. The minimum Gasteiger partial charge on any atom is -0.493 e. The SMILES string of the molecule is Clc1ccc(Cn2c(Cl)nnc2[C@H]2CCCN2)cc1.N[C@H]1CCOc2cc(C(F)(F)F)ccc21.O=C(N[C@H]1CCOc2cc(C(F)(F)F)ccc21)N1CCC[C@@H]1c1nnc(Cl)n1Cc1ccc(Cl)cc1. The van der Waals surface area contributed by atoms with Crippen molar-refractivity contribution in [3.8, 4) is 11.5 Å². The molecule has 4 aromatic carbocycles. The van der Waals surface area contributed by atoms with Crippen molar-refractivity contribution in [2.24, 2.45) is 5.73 Å². The summed E-state index contributed by atoms with van der Waals surface area (Å²) < 4.78 is 90.7. The molecule has 2 saturated heterocycles. The highest BCUT2D eigenvalue weighted by atomic mass is 35.5. The van der Waals surface area contributed by atoms with Crippen LogP contribution in [0.3, 0.4) is 0 Å². The summed E-state index contributed by atoms with van der Waals surface area (Å²) in [6, 6.07) is 20.8. The van der Waals surface area contributed by atoms with Gasteiger partial charge in [-0.15, -0.1) is 20.4 Å². The van der Waals surface area contributed by atoms with E-state index in [1.54, 1.807) is 21.6 Å². The number of rotatable bonds is 7. The lowest BCUT2D eigenvalue weighted by Crippen LogP contribution is -2.43. The van der Waals surface area contributed by atoms with Crippen molar-refractivity contribution < 1.29 is 40.6 Å². The normalized spacial score (nSPS) is 19.7. The van der Waals surface area contributed by atoms with Crippen LogP contribution in [0, 0.1) is 0 Å². The molecule has 0 unspecified atom stereocenters. The molecule has 4 aliphatic heterocycles. The fourth-order valence-electron chi connectivity index (χ4n) is 8.66. The van der Waals surface area contributed by atoms with Crippen LogP contribution < -0.4 is 25.8 Å². The van der Waals surface area contributed by atoms with Gasteiger partial charge in [0.05, 0.1) is 55.6 Å². The Hall–Kier alpha value is -5.31. The van der Waals surface area contributed by atoms with Gasteiger partial charge in [0.25, 0.3) is 0 Å². The average Bonchev–Trinajstić information content (AvgIpc) is 4.17. The minimum absolute atomic E-state index is 0.133. The molecule has 4 N–H and O–H groups in total. The zero-order valence-corrected chi connectivity index (χ0v) is 40.1. The Morgan fingerprint density at radius 1 is 0.671 bits per heavy atom. The van der Waals surface area contributed by atoms with Crippen LogP contribution in [0.4, 0.5) is 31.1 Å². The van der Waals surface area contributed by atoms with Crippen LogP contribution in [0.2, 0.25) is 20.6 Å². The number of alkyl halides is 6. The molecule has 6 heterocycles. The van der Waals surface area contributed by atoms with Gasteiger partial charge < -0.3 is 30.7 Å². The van der Waals surface area contributed by atoms with E-state index in [2.05, 4.69) is 31.0 Å². The molecule has 70 heavy (non-hydrogen) atoms. The van der Waals surface area contributed by atoms with Gasteiger partial charge in [0, 0.05) is 46.6 Å². The smallest absolute Gasteiger partial charge is 0.416 e. The van der Waals surface area contributed by atoms with Gasteiger partial charge in [0.1, 0.15) is 11.5 Å². The molecule has 2 aromatic heterocycles. The summed E-state index contributed by atoms with van der Waals surface area (Å²) >= 11 is 24.4. The first-order valence-corrected chi connectivity index (χ1v) is 23.8. The maximum atomic E-state index is 13.3. The van der Waals surface area contributed by atoms with Crippen LogP contribution >= 0.6 is 46.4 Å². The topological polar surface area (TPSA) is 150 Å². The zero-order chi connectivity index (χ0) is 49.7. The third-order valence-corrected chi connectivity index (χ3v) is 13.3. The molecule has 4 atom stereocenters. The molecule has 372 valence electrons. The highest BCUT2D eigenvalue weighted by molar-refractivity contribution is 6.31. The van der Waals surface area contributed by atoms with Crippen molar-refractivity contribution in [2.75, 3.05) is 26.3 Å². The van der Waals surface area contributed by atoms with Gasteiger partial charge in [0.2, 0.25) is 10.6 Å². The Labute approximate surface area is 418 Å². The molecule has 0 radical (unpaired) electrons. The number of nitrogens with zero attached hydrogens (tertiary/aromatic N) is 7. The lowest BCUT2D eigenvalue weighted by molar-refractivity contribution is -0.138. The molecule has 4 aliphatic rings. The van der Waals surface area contributed by atoms with Crippen molar-refractivity contribution in [3.05, 3.63) is 151 Å². The number of hydrogen-bond donors (Lipinski definition) is 3. The maximum Gasteiger partial charge on any atom is 0.416 e. The fraction of sp³-hybridized carbons (Fsp3) is 0.383. The van der Waals surface area contributed by atoms with Crippen molar-refractivity contribution in [3.63, 3.8) is 0 Å². The Kier molecular flexibility index (Phi) is 16.0. The largest absolute Gasteiger partial charge is 0.493 e. The summed E-state index contributed by atoms with van der Waals surface area (Å²) in [5.41, 5.74) is 7.51. The summed E-state index contributed by atoms with van der Waals surface area (Å²) in [4.78, 5) is 15.0. The van der Waals surface area contributed by atoms with Crippen LogP contribution in [-0.4, -0.2) is 66.8 Å². The van der Waals surface area contributed by atoms with E-state index in [1.165, 1.54) is 12.1 Å². The first-order valence-electron chi connectivity index (χ1n) is 22.3. The number of fused-ring (bicyclic) bond motifs is 2. The van der Waals surface area contributed by atoms with E-state index in [0.717, 1.165) is 72.0 Å². The van der Waals surface area contributed by atoms with E-state index in [4.69, 9.17) is 61.6 Å². The van der Waals surface area contributed by atoms with Gasteiger partial charge in [-0.05, 0) is 115 Å². The van der Waals surface area contributed by atoms with E-state index >= 15 is 0 Å². The Morgan fingerprint density at radius 3 is 1.76 bits per heavy atom. The van der Waals surface area contributed by atoms with Crippen molar-refractivity contribution in [1.82, 2.24) is 45.1 Å². The second kappa shape index (κ2) is 22.0. The number of carbonyl (C=O) groups excluding carboxylic acids is 1. The quantitative estimate of drug-likeness (QED) is 0.133. The van der Waals surface area contributed by atoms with Crippen LogP contribution in [0.25, 0.3) is 0 Å². The van der Waals surface area contributed by atoms with Crippen molar-refractivity contribution in [2.45, 2.75) is 88.1 Å². The van der Waals surface area contributed by atoms with E-state index in [-0.39, 0.29) is 47.5 Å². The number of likely N-dealkylation sites (tertiary alicyclic amines) is 1. The van der Waals surface area contributed by atoms with E-state index in [0.29, 0.717) is 72.8 Å². The van der Waals surface area contributed by atoms with Crippen LogP contribution in [0.15, 0.2) is 84.9 Å². The minimum atomic E-state index is -4.47. The predicted octanol–water partition coefficient (Wildman–Crippen LogP) is 11.6. The van der Waals surface area contributed by atoms with Gasteiger partial charge >= 0.3 is 18.4 Å². The second-order valence-corrected chi connectivity index (χ2v) is 18.5. The number of nitrogens with one attached hydrogen (secondary N) is 2. The highest BCUT2D eigenvalue weighted by Crippen LogP contribution is 2.40. The molecule has 0 spiro atoms. The van der Waals surface area contributed by atoms with Gasteiger partial charge in [-0.2, -0.15) is 26.3 Å². The fourth-order valence-corrected chi connectivity index (χ4v) is 9.28. The summed E-state index contributed by atoms with van der Waals surface area (Å²) in [6.45, 7) is 3.18. The molecule has 0 aliphatic carbocycles. The molecule has 23 heteroatoms. The molecular formula is C47H46Cl4F6N10O3. The monoisotopic (exact) mass is 1050 g/mol. The van der Waals surface area contributed by atoms with Gasteiger partial charge in [-0.1, -0.05) is 59.6 Å². The van der Waals surface area contributed by atoms with Gasteiger partial charge in [-0.25, -0.2) is 4.79 Å². The van der Waals surface area contributed by atoms with Crippen LogP contribution in [-0.2, 0) is 25.4 Å². The number of halogens is 10. The summed E-state index contributed by atoms with van der Waals surface area (Å²) in [5.74, 6) is 1.87. The molecule has 0 saturated carbocycles. The average molecular weight is 1050 g/mol. The molecule has 0 bridgehead atoms. The summed E-state index contributed by atoms with van der Waals surface area (Å²) in [7, 11) is 0. The number of carbonyl (C=O) groups is 1. The molecule has 2 amide bonds. The first-order chi connectivity index (χ1) is 33.4. The van der Waals surface area contributed by atoms with E-state index in [9.17, 15) is 31.1 Å². The summed E-state index contributed by atoms with van der Waals surface area (Å²) in [6.07, 6.45) is -4.03. The Morgan fingerprint density at radius 2 is 1.20 bits per heavy atom. The lowest BCUT2D eigenvalue weighted by atomic mass is 9.98. The van der Waals surface area contributed by atoms with Crippen LogP contribution in [0.5, 0.6) is 11.5 Å². The van der Waals surface area contributed by atoms with E-state index < -0.39 is 29.5 Å². The number of benzene rings is 4. The molecule has 13 nitrogen and oxygen atoms in total. The molecular weight excluding hydrogens is 1010 g/mol.